The molecule has 2 aliphatic rings. The molecule has 0 radical (unpaired) electrons. The van der Waals surface area contributed by atoms with Gasteiger partial charge in [-0.3, -0.25) is 9.88 Å². The van der Waals surface area contributed by atoms with Gasteiger partial charge in [0.25, 0.3) is 0 Å². The van der Waals surface area contributed by atoms with Crippen molar-refractivity contribution in [3.8, 4) is 6.07 Å². The average Bonchev–Trinajstić information content (AvgIpc) is 2.59. The van der Waals surface area contributed by atoms with Crippen molar-refractivity contribution in [2.24, 2.45) is 0 Å². The summed E-state index contributed by atoms with van der Waals surface area (Å²) in [4.78, 5) is 20.6. The van der Waals surface area contributed by atoms with Crippen LogP contribution in [-0.4, -0.2) is 65.3 Å². The van der Waals surface area contributed by atoms with Gasteiger partial charge in [0.2, 0.25) is 0 Å². The van der Waals surface area contributed by atoms with Crippen molar-refractivity contribution in [1.82, 2.24) is 14.8 Å². The van der Waals surface area contributed by atoms with Gasteiger partial charge in [-0.25, -0.2) is 4.79 Å². The molecule has 2 atom stereocenters. The topological polar surface area (TPSA) is 78.7 Å². The molecule has 0 N–H and O–H groups in total. The van der Waals surface area contributed by atoms with Crippen molar-refractivity contribution in [1.29, 1.82) is 5.26 Å². The highest BCUT2D eigenvalue weighted by molar-refractivity contribution is 5.68. The molecule has 1 amide bonds. The maximum Gasteiger partial charge on any atom is 0.410 e. The molecule has 7 nitrogen and oxygen atoms in total. The Hall–Kier alpha value is -2.17. The smallest absolute Gasteiger partial charge is 0.410 e. The Labute approximate surface area is 154 Å². The number of carbonyl (C=O) groups is 1. The Morgan fingerprint density at radius 1 is 1.35 bits per heavy atom. The summed E-state index contributed by atoms with van der Waals surface area (Å²) in [5, 5.41) is 9.20. The molecule has 2 fully saturated rings. The van der Waals surface area contributed by atoms with Gasteiger partial charge in [-0.05, 0) is 33.3 Å². The summed E-state index contributed by atoms with van der Waals surface area (Å²) >= 11 is 0. The van der Waals surface area contributed by atoms with Gasteiger partial charge in [0.05, 0.1) is 24.3 Å². The Bertz CT molecular complexity index is 722. The van der Waals surface area contributed by atoms with Crippen LogP contribution in [0.1, 0.15) is 43.6 Å². The molecule has 3 heterocycles. The molecule has 2 aliphatic heterocycles. The molecule has 2 saturated heterocycles. The zero-order valence-corrected chi connectivity index (χ0v) is 15.9. The average molecular weight is 358 g/mol. The van der Waals surface area contributed by atoms with Crippen LogP contribution >= 0.6 is 0 Å². The fourth-order valence-corrected chi connectivity index (χ4v) is 3.44. The predicted octanol–water partition coefficient (Wildman–Crippen LogP) is 2.25. The van der Waals surface area contributed by atoms with Gasteiger partial charge < -0.3 is 14.4 Å². The quantitative estimate of drug-likeness (QED) is 0.766. The highest BCUT2D eigenvalue weighted by atomic mass is 16.6. The first kappa shape index (κ1) is 18.6. The predicted molar refractivity (Wildman–Crippen MR) is 95.6 cm³/mol. The maximum absolute atomic E-state index is 12.3. The number of morpholine rings is 1. The minimum atomic E-state index is -0.487. The van der Waals surface area contributed by atoms with E-state index in [9.17, 15) is 10.1 Å². The van der Waals surface area contributed by atoms with E-state index in [1.54, 1.807) is 17.3 Å². The molecule has 0 spiro atoms. The molecule has 0 aliphatic carbocycles. The molecule has 0 saturated carbocycles. The lowest BCUT2D eigenvalue weighted by Crippen LogP contribution is -2.60. The normalized spacial score (nSPS) is 23.9. The minimum Gasteiger partial charge on any atom is -0.444 e. The van der Waals surface area contributed by atoms with E-state index in [1.165, 1.54) is 0 Å². The van der Waals surface area contributed by atoms with E-state index in [0.29, 0.717) is 25.3 Å². The standard InChI is InChI=1S/C19H26N4O3/c1-13-14(7-20)8-21-9-16(13)17-11-22-5-6-23(10-15(22)12-25-17)18(24)26-19(2,3)4/h8-9,15,17H,5-6,10-12H2,1-4H3. The number of carbonyl (C=O) groups excluding carboxylic acids is 1. The first-order chi connectivity index (χ1) is 12.3. The lowest BCUT2D eigenvalue weighted by atomic mass is 9.99. The third-order valence-electron chi connectivity index (χ3n) is 4.87. The van der Waals surface area contributed by atoms with Gasteiger partial charge in [0.1, 0.15) is 11.7 Å². The Morgan fingerprint density at radius 3 is 2.81 bits per heavy atom. The fraction of sp³-hybridized carbons (Fsp3) is 0.632. The largest absolute Gasteiger partial charge is 0.444 e. The van der Waals surface area contributed by atoms with Crippen LogP contribution in [0.15, 0.2) is 12.4 Å². The number of hydrogen-bond acceptors (Lipinski definition) is 6. The van der Waals surface area contributed by atoms with Gasteiger partial charge in [-0.1, -0.05) is 0 Å². The number of rotatable bonds is 1. The third kappa shape index (κ3) is 3.97. The molecule has 2 unspecified atom stereocenters. The van der Waals surface area contributed by atoms with Crippen LogP contribution in [0, 0.1) is 18.3 Å². The van der Waals surface area contributed by atoms with Gasteiger partial charge in [-0.2, -0.15) is 5.26 Å². The van der Waals surface area contributed by atoms with Crippen molar-refractivity contribution < 1.29 is 14.3 Å². The van der Waals surface area contributed by atoms with Crippen LogP contribution in [0.25, 0.3) is 0 Å². The number of piperazine rings is 1. The highest BCUT2D eigenvalue weighted by Crippen LogP contribution is 2.29. The second-order valence-corrected chi connectivity index (χ2v) is 7.91. The summed E-state index contributed by atoms with van der Waals surface area (Å²) < 4.78 is 11.6. The Kier molecular flexibility index (Phi) is 5.17. The molecule has 1 aromatic heterocycles. The molecule has 0 aromatic carbocycles. The number of nitriles is 1. The molecule has 0 bridgehead atoms. The van der Waals surface area contributed by atoms with Crippen LogP contribution in [0.2, 0.25) is 0 Å². The van der Waals surface area contributed by atoms with E-state index < -0.39 is 5.60 Å². The molecule has 1 aromatic rings. The van der Waals surface area contributed by atoms with Gasteiger partial charge in [0, 0.05) is 44.1 Å². The number of pyridine rings is 1. The molecule has 3 rings (SSSR count). The summed E-state index contributed by atoms with van der Waals surface area (Å²) in [6.07, 6.45) is 3.02. The van der Waals surface area contributed by atoms with E-state index in [2.05, 4.69) is 16.0 Å². The number of fused-ring (bicyclic) bond motifs is 1. The SMILES string of the molecule is Cc1c(C#N)cncc1C1CN2CCN(C(=O)OC(C)(C)C)CC2CO1. The van der Waals surface area contributed by atoms with Gasteiger partial charge in [0.15, 0.2) is 0 Å². The number of hydrogen-bond donors (Lipinski definition) is 0. The lowest BCUT2D eigenvalue weighted by Gasteiger charge is -2.46. The van der Waals surface area contributed by atoms with Crippen LogP contribution in [0.5, 0.6) is 0 Å². The fourth-order valence-electron chi connectivity index (χ4n) is 3.44. The summed E-state index contributed by atoms with van der Waals surface area (Å²) in [7, 11) is 0. The van der Waals surface area contributed by atoms with Crippen molar-refractivity contribution >= 4 is 6.09 Å². The van der Waals surface area contributed by atoms with Crippen LogP contribution in [-0.2, 0) is 9.47 Å². The summed E-state index contributed by atoms with van der Waals surface area (Å²) in [6.45, 7) is 10.9. The molecule has 26 heavy (non-hydrogen) atoms. The summed E-state index contributed by atoms with van der Waals surface area (Å²) in [5.74, 6) is 0. The zero-order chi connectivity index (χ0) is 18.9. The third-order valence-corrected chi connectivity index (χ3v) is 4.87. The molecule has 140 valence electrons. The second-order valence-electron chi connectivity index (χ2n) is 7.91. The monoisotopic (exact) mass is 358 g/mol. The van der Waals surface area contributed by atoms with E-state index in [-0.39, 0.29) is 18.2 Å². The molecular weight excluding hydrogens is 332 g/mol. The number of aromatic nitrogens is 1. The van der Waals surface area contributed by atoms with Crippen LogP contribution in [0.3, 0.4) is 0 Å². The first-order valence-corrected chi connectivity index (χ1v) is 8.96. The van der Waals surface area contributed by atoms with Crippen molar-refractivity contribution in [2.75, 3.05) is 32.8 Å². The van der Waals surface area contributed by atoms with E-state index in [4.69, 9.17) is 9.47 Å². The molecular formula is C19H26N4O3. The van der Waals surface area contributed by atoms with E-state index >= 15 is 0 Å². The van der Waals surface area contributed by atoms with Crippen molar-refractivity contribution in [2.45, 2.75) is 45.4 Å². The summed E-state index contributed by atoms with van der Waals surface area (Å²) in [6, 6.07) is 2.34. The number of amides is 1. The van der Waals surface area contributed by atoms with Crippen LogP contribution in [0.4, 0.5) is 4.79 Å². The second kappa shape index (κ2) is 7.22. The lowest BCUT2D eigenvalue weighted by molar-refractivity contribution is -0.0909. The maximum atomic E-state index is 12.3. The van der Waals surface area contributed by atoms with Gasteiger partial charge in [-0.15, -0.1) is 0 Å². The number of ether oxygens (including phenoxy) is 2. The summed E-state index contributed by atoms with van der Waals surface area (Å²) in [5.41, 5.74) is 2.00. The van der Waals surface area contributed by atoms with Crippen LogP contribution < -0.4 is 0 Å². The van der Waals surface area contributed by atoms with Crippen molar-refractivity contribution in [3.05, 3.63) is 29.1 Å². The van der Waals surface area contributed by atoms with Gasteiger partial charge >= 0.3 is 6.09 Å². The van der Waals surface area contributed by atoms with Crippen molar-refractivity contribution in [3.63, 3.8) is 0 Å². The Morgan fingerprint density at radius 2 is 2.12 bits per heavy atom. The Balaban J connectivity index is 1.64. The number of nitrogens with zero attached hydrogens (tertiary/aromatic N) is 4. The molecule has 7 heteroatoms. The van der Waals surface area contributed by atoms with E-state index in [1.807, 2.05) is 27.7 Å². The highest BCUT2D eigenvalue weighted by Gasteiger charge is 2.37. The zero-order valence-electron chi connectivity index (χ0n) is 15.9. The first-order valence-electron chi connectivity index (χ1n) is 8.96. The minimum absolute atomic E-state index is 0.0971. The van der Waals surface area contributed by atoms with E-state index in [0.717, 1.165) is 24.2 Å².